The monoisotopic (exact) mass is 263 g/mol. The molecule has 1 N–H and O–H groups in total. The Labute approximate surface area is 116 Å². The van der Waals surface area contributed by atoms with Gasteiger partial charge in [-0.05, 0) is 42.7 Å². The van der Waals surface area contributed by atoms with E-state index in [9.17, 15) is 0 Å². The fourth-order valence-corrected chi connectivity index (χ4v) is 4.18. The second-order valence-electron chi connectivity index (χ2n) is 5.49. The zero-order valence-corrected chi connectivity index (χ0v) is 12.6. The molecule has 0 aromatic heterocycles. The van der Waals surface area contributed by atoms with Crippen LogP contribution in [0.15, 0.2) is 24.3 Å². The first-order valence-electron chi connectivity index (χ1n) is 7.11. The van der Waals surface area contributed by atoms with Gasteiger partial charge in [0.25, 0.3) is 0 Å². The second kappa shape index (κ2) is 6.63. The van der Waals surface area contributed by atoms with Crippen molar-refractivity contribution in [2.45, 2.75) is 50.3 Å². The Kier molecular flexibility index (Phi) is 5.13. The quantitative estimate of drug-likeness (QED) is 0.866. The van der Waals surface area contributed by atoms with Crippen molar-refractivity contribution >= 4 is 11.8 Å². The Bertz CT molecular complexity index is 352. The third-order valence-corrected chi connectivity index (χ3v) is 5.32. The van der Waals surface area contributed by atoms with E-state index in [1.165, 1.54) is 36.1 Å². The average molecular weight is 263 g/mol. The lowest BCUT2D eigenvalue weighted by Crippen LogP contribution is -2.29. The van der Waals surface area contributed by atoms with Crippen molar-refractivity contribution in [3.8, 4) is 0 Å². The maximum absolute atomic E-state index is 3.52. The lowest BCUT2D eigenvalue weighted by atomic mass is 9.96. The standard InChI is InChI=1S/C16H25NS/c1-12(2)13-7-9-14(10-8-13)16(17-3)15-6-4-5-11-18-15/h7-10,12,15-17H,4-6,11H2,1-3H3. The summed E-state index contributed by atoms with van der Waals surface area (Å²) < 4.78 is 0. The molecular weight excluding hydrogens is 238 g/mol. The summed E-state index contributed by atoms with van der Waals surface area (Å²) in [5, 5.41) is 4.26. The molecule has 0 amide bonds. The van der Waals surface area contributed by atoms with Gasteiger partial charge >= 0.3 is 0 Å². The van der Waals surface area contributed by atoms with Crippen LogP contribution in [0, 0.1) is 0 Å². The van der Waals surface area contributed by atoms with E-state index in [0.717, 1.165) is 5.25 Å². The maximum Gasteiger partial charge on any atom is 0.0438 e. The topological polar surface area (TPSA) is 12.0 Å². The van der Waals surface area contributed by atoms with E-state index in [2.05, 4.69) is 62.2 Å². The Balaban J connectivity index is 2.11. The predicted octanol–water partition coefficient (Wildman–Crippen LogP) is 4.36. The number of benzene rings is 1. The minimum absolute atomic E-state index is 0.511. The summed E-state index contributed by atoms with van der Waals surface area (Å²) in [6.45, 7) is 4.50. The van der Waals surface area contributed by atoms with Crippen LogP contribution in [-0.4, -0.2) is 18.1 Å². The Hall–Kier alpha value is -0.470. The van der Waals surface area contributed by atoms with Crippen molar-refractivity contribution in [2.24, 2.45) is 0 Å². The van der Waals surface area contributed by atoms with E-state index < -0.39 is 0 Å². The summed E-state index contributed by atoms with van der Waals surface area (Å²) in [5.41, 5.74) is 2.88. The van der Waals surface area contributed by atoms with E-state index in [1.807, 2.05) is 0 Å². The molecule has 2 unspecified atom stereocenters. The minimum atomic E-state index is 0.511. The summed E-state index contributed by atoms with van der Waals surface area (Å²) in [4.78, 5) is 0. The molecule has 2 heteroatoms. The molecule has 1 aromatic rings. The molecule has 0 radical (unpaired) electrons. The molecule has 0 aliphatic carbocycles. The highest BCUT2D eigenvalue weighted by atomic mass is 32.2. The van der Waals surface area contributed by atoms with Gasteiger partial charge in [-0.2, -0.15) is 11.8 Å². The van der Waals surface area contributed by atoms with E-state index in [1.54, 1.807) is 0 Å². The molecule has 2 rings (SSSR count). The SMILES string of the molecule is CNC(c1ccc(C(C)C)cc1)C1CCCCS1. The highest BCUT2D eigenvalue weighted by Crippen LogP contribution is 2.34. The number of hydrogen-bond donors (Lipinski definition) is 1. The van der Waals surface area contributed by atoms with Gasteiger partial charge in [-0.1, -0.05) is 44.5 Å². The Morgan fingerprint density at radius 2 is 1.78 bits per heavy atom. The second-order valence-corrected chi connectivity index (χ2v) is 6.84. The van der Waals surface area contributed by atoms with Crippen LogP contribution in [0.4, 0.5) is 0 Å². The van der Waals surface area contributed by atoms with Crippen LogP contribution in [0.25, 0.3) is 0 Å². The third-order valence-electron chi connectivity index (χ3n) is 3.86. The van der Waals surface area contributed by atoms with Crippen LogP contribution in [-0.2, 0) is 0 Å². The molecule has 1 aliphatic heterocycles. The number of hydrogen-bond acceptors (Lipinski definition) is 2. The lowest BCUT2D eigenvalue weighted by molar-refractivity contribution is 0.516. The van der Waals surface area contributed by atoms with Crippen LogP contribution in [0.5, 0.6) is 0 Å². The van der Waals surface area contributed by atoms with Gasteiger partial charge in [-0.25, -0.2) is 0 Å². The van der Waals surface area contributed by atoms with E-state index in [0.29, 0.717) is 12.0 Å². The molecule has 0 spiro atoms. The molecule has 1 aliphatic rings. The van der Waals surface area contributed by atoms with Gasteiger partial charge in [-0.3, -0.25) is 0 Å². The minimum Gasteiger partial charge on any atom is -0.312 e. The maximum atomic E-state index is 3.52. The molecule has 1 aromatic carbocycles. The van der Waals surface area contributed by atoms with Crippen LogP contribution in [0.3, 0.4) is 0 Å². The van der Waals surface area contributed by atoms with Crippen molar-refractivity contribution in [1.29, 1.82) is 0 Å². The van der Waals surface area contributed by atoms with E-state index in [4.69, 9.17) is 0 Å². The van der Waals surface area contributed by atoms with Gasteiger partial charge < -0.3 is 5.32 Å². The van der Waals surface area contributed by atoms with Crippen LogP contribution in [0.1, 0.15) is 56.2 Å². The number of nitrogens with one attached hydrogen (secondary N) is 1. The zero-order chi connectivity index (χ0) is 13.0. The van der Waals surface area contributed by atoms with Gasteiger partial charge in [0.2, 0.25) is 0 Å². The van der Waals surface area contributed by atoms with E-state index in [-0.39, 0.29) is 0 Å². The van der Waals surface area contributed by atoms with Gasteiger partial charge in [0.05, 0.1) is 0 Å². The molecule has 1 heterocycles. The molecular formula is C16H25NS. The van der Waals surface area contributed by atoms with Crippen molar-refractivity contribution in [2.75, 3.05) is 12.8 Å². The first-order chi connectivity index (χ1) is 8.72. The average Bonchev–Trinajstić information content (AvgIpc) is 2.41. The summed E-state index contributed by atoms with van der Waals surface area (Å²) in [5.74, 6) is 1.95. The Morgan fingerprint density at radius 3 is 2.28 bits per heavy atom. The van der Waals surface area contributed by atoms with Crippen molar-refractivity contribution < 1.29 is 0 Å². The van der Waals surface area contributed by atoms with Gasteiger partial charge in [-0.15, -0.1) is 0 Å². The molecule has 2 atom stereocenters. The molecule has 0 saturated carbocycles. The first kappa shape index (κ1) is 14.0. The molecule has 0 bridgehead atoms. The Morgan fingerprint density at radius 1 is 1.11 bits per heavy atom. The molecule has 1 saturated heterocycles. The molecule has 100 valence electrons. The van der Waals surface area contributed by atoms with Gasteiger partial charge in [0.1, 0.15) is 0 Å². The smallest absolute Gasteiger partial charge is 0.0438 e. The highest BCUT2D eigenvalue weighted by molar-refractivity contribution is 8.00. The highest BCUT2D eigenvalue weighted by Gasteiger charge is 2.24. The molecule has 18 heavy (non-hydrogen) atoms. The largest absolute Gasteiger partial charge is 0.312 e. The van der Waals surface area contributed by atoms with Gasteiger partial charge in [0.15, 0.2) is 0 Å². The van der Waals surface area contributed by atoms with Crippen molar-refractivity contribution in [1.82, 2.24) is 5.32 Å². The summed E-state index contributed by atoms with van der Waals surface area (Å²) in [7, 11) is 2.09. The number of thioether (sulfide) groups is 1. The van der Waals surface area contributed by atoms with Crippen LogP contribution < -0.4 is 5.32 Å². The predicted molar refractivity (Wildman–Crippen MR) is 82.4 cm³/mol. The van der Waals surface area contributed by atoms with Crippen molar-refractivity contribution in [3.63, 3.8) is 0 Å². The normalized spacial score (nSPS) is 22.1. The molecule has 1 fully saturated rings. The number of rotatable bonds is 4. The van der Waals surface area contributed by atoms with Crippen molar-refractivity contribution in [3.05, 3.63) is 35.4 Å². The zero-order valence-electron chi connectivity index (χ0n) is 11.8. The fourth-order valence-electron chi connectivity index (χ4n) is 2.68. The summed E-state index contributed by atoms with van der Waals surface area (Å²) >= 11 is 2.14. The van der Waals surface area contributed by atoms with Crippen LogP contribution >= 0.6 is 11.8 Å². The summed E-state index contributed by atoms with van der Waals surface area (Å²) in [6.07, 6.45) is 4.13. The summed E-state index contributed by atoms with van der Waals surface area (Å²) in [6, 6.07) is 9.71. The van der Waals surface area contributed by atoms with E-state index >= 15 is 0 Å². The molecule has 1 nitrogen and oxygen atoms in total. The third kappa shape index (κ3) is 3.30. The van der Waals surface area contributed by atoms with Crippen LogP contribution in [0.2, 0.25) is 0 Å². The van der Waals surface area contributed by atoms with Gasteiger partial charge in [0, 0.05) is 11.3 Å². The fraction of sp³-hybridized carbons (Fsp3) is 0.625. The first-order valence-corrected chi connectivity index (χ1v) is 8.16. The lowest BCUT2D eigenvalue weighted by Gasteiger charge is -2.30.